The number of ether oxygens (including phenoxy) is 1. The summed E-state index contributed by atoms with van der Waals surface area (Å²) in [4.78, 5) is 11.3. The van der Waals surface area contributed by atoms with Crippen LogP contribution in [-0.2, 0) is 4.79 Å². The lowest BCUT2D eigenvalue weighted by molar-refractivity contribution is -0.135. The van der Waals surface area contributed by atoms with Crippen molar-refractivity contribution in [1.29, 1.82) is 0 Å². The molecule has 3 aromatic carbocycles. The Labute approximate surface area is 182 Å². The summed E-state index contributed by atoms with van der Waals surface area (Å²) in [5, 5.41) is 9.29. The van der Waals surface area contributed by atoms with Crippen molar-refractivity contribution in [3.05, 3.63) is 99.3 Å². The Morgan fingerprint density at radius 2 is 1.80 bits per heavy atom. The molecule has 0 aromatic heterocycles. The minimum atomic E-state index is -0.939. The largest absolute Gasteiger partial charge is 0.481 e. The molecule has 0 bridgehead atoms. The van der Waals surface area contributed by atoms with Gasteiger partial charge in [0, 0.05) is 4.47 Å². The van der Waals surface area contributed by atoms with Gasteiger partial charge in [0.1, 0.15) is 17.3 Å². The normalized spacial score (nSPS) is 14.2. The van der Waals surface area contributed by atoms with Crippen molar-refractivity contribution in [2.45, 2.75) is 13.3 Å². The zero-order valence-corrected chi connectivity index (χ0v) is 17.7. The molecule has 30 heavy (non-hydrogen) atoms. The molecule has 0 heterocycles. The maximum atomic E-state index is 13.8. The van der Waals surface area contributed by atoms with Crippen molar-refractivity contribution in [3.63, 3.8) is 0 Å². The molecule has 0 aliphatic heterocycles. The predicted molar refractivity (Wildman–Crippen MR) is 120 cm³/mol. The van der Waals surface area contributed by atoms with E-state index in [-0.39, 0.29) is 12.2 Å². The van der Waals surface area contributed by atoms with Gasteiger partial charge in [-0.1, -0.05) is 34.1 Å². The molecule has 0 fully saturated rings. The number of hydrogen-bond acceptors (Lipinski definition) is 2. The summed E-state index contributed by atoms with van der Waals surface area (Å²) < 4.78 is 20.7. The Hall–Kier alpha value is -3.18. The van der Waals surface area contributed by atoms with E-state index in [1.54, 1.807) is 6.07 Å². The molecule has 0 saturated heterocycles. The van der Waals surface area contributed by atoms with Gasteiger partial charge in [-0.15, -0.1) is 0 Å². The summed E-state index contributed by atoms with van der Waals surface area (Å²) in [5.41, 5.74) is 4.77. The van der Waals surface area contributed by atoms with E-state index < -0.39 is 5.97 Å². The van der Waals surface area contributed by atoms with Crippen molar-refractivity contribution < 1.29 is 19.0 Å². The number of carboxylic acids is 1. The number of rotatable bonds is 5. The molecule has 0 saturated carbocycles. The maximum Gasteiger partial charge on any atom is 0.307 e. The standard InChI is InChI=1S/C25H18BrFO3/c1-15-22(21-10-7-18(27)13-24(21)23(15)14-25(28)29)12-16-3-2-4-20(11-16)30-19-8-5-17(26)6-9-19/h2-13H,14H2,1H3,(H,28,29)/b22-12-. The smallest absolute Gasteiger partial charge is 0.307 e. The van der Waals surface area contributed by atoms with Crippen LogP contribution in [-0.4, -0.2) is 11.1 Å². The van der Waals surface area contributed by atoms with E-state index >= 15 is 0 Å². The molecule has 4 rings (SSSR count). The van der Waals surface area contributed by atoms with Gasteiger partial charge in [-0.3, -0.25) is 4.79 Å². The highest BCUT2D eigenvalue weighted by Gasteiger charge is 2.25. The van der Waals surface area contributed by atoms with Crippen LogP contribution in [0.2, 0.25) is 0 Å². The van der Waals surface area contributed by atoms with E-state index in [9.17, 15) is 14.3 Å². The fourth-order valence-corrected chi connectivity index (χ4v) is 3.87. The van der Waals surface area contributed by atoms with Crippen LogP contribution in [0.5, 0.6) is 11.5 Å². The van der Waals surface area contributed by atoms with Crippen LogP contribution < -0.4 is 4.74 Å². The first-order valence-electron chi connectivity index (χ1n) is 9.38. The monoisotopic (exact) mass is 464 g/mol. The minimum Gasteiger partial charge on any atom is -0.481 e. The summed E-state index contributed by atoms with van der Waals surface area (Å²) in [6.45, 7) is 1.88. The average molecular weight is 465 g/mol. The quantitative estimate of drug-likeness (QED) is 0.434. The van der Waals surface area contributed by atoms with E-state index in [2.05, 4.69) is 15.9 Å². The van der Waals surface area contributed by atoms with Gasteiger partial charge in [0.15, 0.2) is 0 Å². The molecule has 0 amide bonds. The first-order valence-corrected chi connectivity index (χ1v) is 10.2. The van der Waals surface area contributed by atoms with Crippen LogP contribution >= 0.6 is 15.9 Å². The molecule has 3 aromatic rings. The summed E-state index contributed by atoms with van der Waals surface area (Å²) in [7, 11) is 0. The van der Waals surface area contributed by atoms with Crippen molar-refractivity contribution in [2.24, 2.45) is 0 Å². The molecule has 0 unspecified atom stereocenters. The number of hydrogen-bond donors (Lipinski definition) is 1. The van der Waals surface area contributed by atoms with Crippen LogP contribution in [0, 0.1) is 5.82 Å². The third-order valence-corrected chi connectivity index (χ3v) is 5.53. The Kier molecular flexibility index (Phi) is 5.55. The van der Waals surface area contributed by atoms with Gasteiger partial charge in [0.05, 0.1) is 6.42 Å². The third-order valence-electron chi connectivity index (χ3n) is 5.00. The lowest BCUT2D eigenvalue weighted by atomic mass is 10.0. The van der Waals surface area contributed by atoms with Gasteiger partial charge in [0.2, 0.25) is 0 Å². The molecular formula is C25H18BrFO3. The molecule has 0 radical (unpaired) electrons. The van der Waals surface area contributed by atoms with Crippen molar-refractivity contribution in [1.82, 2.24) is 0 Å². The number of benzene rings is 3. The molecule has 0 spiro atoms. The Morgan fingerprint density at radius 1 is 1.03 bits per heavy atom. The minimum absolute atomic E-state index is 0.146. The number of fused-ring (bicyclic) bond motifs is 1. The van der Waals surface area contributed by atoms with E-state index in [4.69, 9.17) is 4.74 Å². The van der Waals surface area contributed by atoms with E-state index in [1.807, 2.05) is 61.5 Å². The number of aliphatic carboxylic acids is 1. The number of carboxylic acid groups (broad SMARTS) is 1. The second-order valence-corrected chi connectivity index (χ2v) is 7.97. The van der Waals surface area contributed by atoms with E-state index in [0.29, 0.717) is 16.9 Å². The number of allylic oxidation sites excluding steroid dienone is 2. The topological polar surface area (TPSA) is 46.5 Å². The predicted octanol–water partition coefficient (Wildman–Crippen LogP) is 7.18. The van der Waals surface area contributed by atoms with Crippen LogP contribution in [0.3, 0.4) is 0 Å². The van der Waals surface area contributed by atoms with Crippen LogP contribution in [0.25, 0.3) is 17.2 Å². The summed E-state index contributed by atoms with van der Waals surface area (Å²) in [5.74, 6) is 0.0993. The summed E-state index contributed by atoms with van der Waals surface area (Å²) in [6, 6.07) is 19.7. The van der Waals surface area contributed by atoms with E-state index in [1.165, 1.54) is 12.1 Å². The van der Waals surface area contributed by atoms with Gasteiger partial charge in [-0.05, 0) is 94.9 Å². The lowest BCUT2D eigenvalue weighted by Gasteiger charge is -2.08. The maximum absolute atomic E-state index is 13.8. The molecule has 1 aliphatic carbocycles. The van der Waals surface area contributed by atoms with Gasteiger partial charge in [-0.2, -0.15) is 0 Å². The number of halogens is 2. The molecule has 5 heteroatoms. The van der Waals surface area contributed by atoms with Gasteiger partial charge in [0.25, 0.3) is 0 Å². The average Bonchev–Trinajstić information content (AvgIpc) is 2.95. The van der Waals surface area contributed by atoms with Crippen LogP contribution in [0.4, 0.5) is 4.39 Å². The van der Waals surface area contributed by atoms with Crippen LogP contribution in [0.1, 0.15) is 30.0 Å². The highest BCUT2D eigenvalue weighted by atomic mass is 79.9. The molecule has 1 aliphatic rings. The molecule has 3 nitrogen and oxygen atoms in total. The first-order chi connectivity index (χ1) is 14.4. The SMILES string of the molecule is CC1=C(CC(=O)O)c2cc(F)ccc2/C1=C\c1cccc(Oc2ccc(Br)cc2)c1. The van der Waals surface area contributed by atoms with Crippen molar-refractivity contribution in [3.8, 4) is 11.5 Å². The Balaban J connectivity index is 1.71. The summed E-state index contributed by atoms with van der Waals surface area (Å²) in [6.07, 6.45) is 1.84. The molecule has 1 N–H and O–H groups in total. The zero-order chi connectivity index (χ0) is 21.3. The summed E-state index contributed by atoms with van der Waals surface area (Å²) >= 11 is 3.41. The fraction of sp³-hybridized carbons (Fsp3) is 0.0800. The molecule has 0 atom stereocenters. The number of carbonyl (C=O) groups is 1. The lowest BCUT2D eigenvalue weighted by Crippen LogP contribution is -1.97. The van der Waals surface area contributed by atoms with Gasteiger partial charge in [-0.25, -0.2) is 4.39 Å². The second kappa shape index (κ2) is 8.28. The highest BCUT2D eigenvalue weighted by molar-refractivity contribution is 9.10. The fourth-order valence-electron chi connectivity index (χ4n) is 3.61. The third kappa shape index (κ3) is 4.21. The van der Waals surface area contributed by atoms with Crippen molar-refractivity contribution in [2.75, 3.05) is 0 Å². The Morgan fingerprint density at radius 3 is 2.53 bits per heavy atom. The van der Waals surface area contributed by atoms with Gasteiger partial charge >= 0.3 is 5.97 Å². The Bertz CT molecular complexity index is 1190. The van der Waals surface area contributed by atoms with Gasteiger partial charge < -0.3 is 9.84 Å². The zero-order valence-electron chi connectivity index (χ0n) is 16.2. The van der Waals surface area contributed by atoms with Crippen LogP contribution in [0.15, 0.2) is 76.8 Å². The molecular weight excluding hydrogens is 447 g/mol. The van der Waals surface area contributed by atoms with Crippen molar-refractivity contribution >= 4 is 39.1 Å². The first kappa shape index (κ1) is 20.1. The van der Waals surface area contributed by atoms with E-state index in [0.717, 1.165) is 32.5 Å². The highest BCUT2D eigenvalue weighted by Crippen LogP contribution is 2.44. The molecule has 150 valence electrons. The second-order valence-electron chi connectivity index (χ2n) is 7.05.